The Labute approximate surface area is 192 Å². The van der Waals surface area contributed by atoms with Crippen LogP contribution in [0, 0.1) is 5.92 Å². The molecule has 180 valence electrons. The first-order valence-electron chi connectivity index (χ1n) is 12.9. The van der Waals surface area contributed by atoms with Crippen LogP contribution in [0.2, 0.25) is 0 Å². The van der Waals surface area contributed by atoms with Crippen molar-refractivity contribution in [3.05, 3.63) is 24.8 Å². The van der Waals surface area contributed by atoms with Gasteiger partial charge in [0.05, 0.1) is 0 Å². The van der Waals surface area contributed by atoms with Gasteiger partial charge in [0.2, 0.25) is 0 Å². The predicted molar refractivity (Wildman–Crippen MR) is 132 cm³/mol. The SMILES string of the molecule is C=CC(=O)ONC(=O)C(CC)CCCCCCCCCCC=CCCCCCCCC. The average Bonchev–Trinajstić information content (AvgIpc) is 2.78. The van der Waals surface area contributed by atoms with Crippen LogP contribution < -0.4 is 5.48 Å². The molecule has 0 spiro atoms. The Hall–Kier alpha value is -1.58. The number of rotatable bonds is 21. The van der Waals surface area contributed by atoms with Crippen molar-refractivity contribution < 1.29 is 14.4 Å². The zero-order valence-electron chi connectivity index (χ0n) is 20.5. The molecule has 1 N–H and O–H groups in total. The van der Waals surface area contributed by atoms with Gasteiger partial charge in [-0.3, -0.25) is 4.79 Å². The van der Waals surface area contributed by atoms with Crippen molar-refractivity contribution in [3.8, 4) is 0 Å². The zero-order valence-corrected chi connectivity index (χ0v) is 20.5. The lowest BCUT2D eigenvalue weighted by Crippen LogP contribution is -2.32. The molecule has 0 aliphatic rings. The van der Waals surface area contributed by atoms with E-state index in [0.717, 1.165) is 31.8 Å². The molecule has 0 aliphatic carbocycles. The van der Waals surface area contributed by atoms with Crippen LogP contribution in [0.5, 0.6) is 0 Å². The number of amides is 1. The summed E-state index contributed by atoms with van der Waals surface area (Å²) in [4.78, 5) is 27.6. The molecular formula is C27H49NO3. The first-order valence-corrected chi connectivity index (χ1v) is 12.9. The second-order valence-electron chi connectivity index (χ2n) is 8.63. The Bertz CT molecular complexity index is 473. The molecule has 0 bridgehead atoms. The van der Waals surface area contributed by atoms with Crippen molar-refractivity contribution in [2.75, 3.05) is 0 Å². The van der Waals surface area contributed by atoms with Gasteiger partial charge < -0.3 is 4.84 Å². The standard InChI is InChI=1S/C27H49NO3/c1-4-7-8-9-10-11-12-13-14-15-16-17-18-19-20-21-22-23-24-25(5-2)27(30)28-31-26(29)6-3/h6,13-14,25H,3-5,7-12,15-24H2,1-2H3,(H,28,30). The topological polar surface area (TPSA) is 55.4 Å². The highest BCUT2D eigenvalue weighted by Gasteiger charge is 2.16. The van der Waals surface area contributed by atoms with E-state index >= 15 is 0 Å². The Morgan fingerprint density at radius 1 is 0.774 bits per heavy atom. The first kappa shape index (κ1) is 29.4. The number of carbonyl (C=O) groups excluding carboxylic acids is 2. The maximum atomic E-state index is 12.0. The summed E-state index contributed by atoms with van der Waals surface area (Å²) in [7, 11) is 0. The largest absolute Gasteiger partial charge is 0.355 e. The number of unbranched alkanes of at least 4 members (excludes halogenated alkanes) is 14. The molecule has 0 fully saturated rings. The second kappa shape index (κ2) is 23.1. The van der Waals surface area contributed by atoms with E-state index in [1.54, 1.807) is 0 Å². The molecular weight excluding hydrogens is 386 g/mol. The van der Waals surface area contributed by atoms with E-state index in [0.29, 0.717) is 0 Å². The van der Waals surface area contributed by atoms with Crippen LogP contribution in [0.3, 0.4) is 0 Å². The summed E-state index contributed by atoms with van der Waals surface area (Å²) in [6.45, 7) is 7.56. The van der Waals surface area contributed by atoms with E-state index in [4.69, 9.17) is 0 Å². The van der Waals surface area contributed by atoms with Gasteiger partial charge in [0, 0.05) is 12.0 Å². The molecule has 0 heterocycles. The van der Waals surface area contributed by atoms with Gasteiger partial charge in [0.25, 0.3) is 5.91 Å². The van der Waals surface area contributed by atoms with Crippen LogP contribution in [0.25, 0.3) is 0 Å². The smallest absolute Gasteiger partial charge is 0.336 e. The Morgan fingerprint density at radius 3 is 1.74 bits per heavy atom. The number of carbonyl (C=O) groups is 2. The van der Waals surface area contributed by atoms with Gasteiger partial charge in [-0.2, -0.15) is 5.48 Å². The van der Waals surface area contributed by atoms with Gasteiger partial charge >= 0.3 is 5.97 Å². The predicted octanol–water partition coefficient (Wildman–Crippen LogP) is 7.98. The van der Waals surface area contributed by atoms with Gasteiger partial charge in [0.15, 0.2) is 0 Å². The summed E-state index contributed by atoms with van der Waals surface area (Å²) in [6, 6.07) is 0. The Morgan fingerprint density at radius 2 is 1.26 bits per heavy atom. The molecule has 0 aromatic heterocycles. The molecule has 0 saturated heterocycles. The van der Waals surface area contributed by atoms with Gasteiger partial charge in [0.1, 0.15) is 0 Å². The molecule has 0 saturated carbocycles. The van der Waals surface area contributed by atoms with Crippen LogP contribution in [0.4, 0.5) is 0 Å². The van der Waals surface area contributed by atoms with E-state index in [1.807, 2.05) is 6.92 Å². The lowest BCUT2D eigenvalue weighted by Gasteiger charge is -2.13. The van der Waals surface area contributed by atoms with Crippen LogP contribution in [0.15, 0.2) is 24.8 Å². The number of hydrogen-bond donors (Lipinski definition) is 1. The first-order chi connectivity index (χ1) is 15.2. The van der Waals surface area contributed by atoms with Crippen molar-refractivity contribution in [1.82, 2.24) is 5.48 Å². The van der Waals surface area contributed by atoms with Crippen molar-refractivity contribution >= 4 is 11.9 Å². The van der Waals surface area contributed by atoms with E-state index in [-0.39, 0.29) is 11.8 Å². The maximum absolute atomic E-state index is 12.0. The van der Waals surface area contributed by atoms with Crippen molar-refractivity contribution in [2.24, 2.45) is 5.92 Å². The van der Waals surface area contributed by atoms with E-state index in [9.17, 15) is 9.59 Å². The van der Waals surface area contributed by atoms with Crippen LogP contribution in [-0.4, -0.2) is 11.9 Å². The molecule has 0 rings (SSSR count). The summed E-state index contributed by atoms with van der Waals surface area (Å²) >= 11 is 0. The summed E-state index contributed by atoms with van der Waals surface area (Å²) in [6.07, 6.45) is 28.2. The van der Waals surface area contributed by atoms with Crippen LogP contribution >= 0.6 is 0 Å². The molecule has 1 amide bonds. The molecule has 0 radical (unpaired) electrons. The molecule has 0 aromatic rings. The van der Waals surface area contributed by atoms with E-state index in [1.165, 1.54) is 89.9 Å². The highest BCUT2D eigenvalue weighted by atomic mass is 16.7. The van der Waals surface area contributed by atoms with Gasteiger partial charge in [-0.1, -0.05) is 110 Å². The summed E-state index contributed by atoms with van der Waals surface area (Å²) < 4.78 is 0. The second-order valence-corrected chi connectivity index (χ2v) is 8.63. The summed E-state index contributed by atoms with van der Waals surface area (Å²) in [5.74, 6) is -0.933. The third-order valence-electron chi connectivity index (χ3n) is 5.85. The number of hydroxylamine groups is 1. The highest BCUT2D eigenvalue weighted by Crippen LogP contribution is 2.16. The summed E-state index contributed by atoms with van der Waals surface area (Å²) in [5.41, 5.74) is 2.23. The number of allylic oxidation sites excluding steroid dienone is 2. The quantitative estimate of drug-likeness (QED) is 0.0860. The van der Waals surface area contributed by atoms with Crippen molar-refractivity contribution in [2.45, 2.75) is 129 Å². The van der Waals surface area contributed by atoms with Gasteiger partial charge in [-0.15, -0.1) is 0 Å². The third-order valence-corrected chi connectivity index (χ3v) is 5.85. The fourth-order valence-corrected chi connectivity index (χ4v) is 3.74. The Kier molecular flexibility index (Phi) is 21.9. The zero-order chi connectivity index (χ0) is 23.0. The maximum Gasteiger partial charge on any atom is 0.355 e. The average molecular weight is 436 g/mol. The van der Waals surface area contributed by atoms with Crippen molar-refractivity contribution in [1.29, 1.82) is 0 Å². The molecule has 4 nitrogen and oxygen atoms in total. The number of nitrogens with one attached hydrogen (secondary N) is 1. The molecule has 1 unspecified atom stereocenters. The fourth-order valence-electron chi connectivity index (χ4n) is 3.74. The third kappa shape index (κ3) is 20.1. The van der Waals surface area contributed by atoms with E-state index < -0.39 is 5.97 Å². The minimum atomic E-state index is -0.632. The Balaban J connectivity index is 3.43. The molecule has 0 aliphatic heterocycles. The highest BCUT2D eigenvalue weighted by molar-refractivity contribution is 5.84. The van der Waals surface area contributed by atoms with Crippen LogP contribution in [-0.2, 0) is 14.4 Å². The molecule has 4 heteroatoms. The monoisotopic (exact) mass is 435 g/mol. The molecule has 0 aromatic carbocycles. The lowest BCUT2D eigenvalue weighted by molar-refractivity contribution is -0.155. The fraction of sp³-hybridized carbons (Fsp3) is 0.778. The molecule has 31 heavy (non-hydrogen) atoms. The summed E-state index contributed by atoms with van der Waals surface area (Å²) in [5, 5.41) is 0. The number of hydrogen-bond acceptors (Lipinski definition) is 3. The normalized spacial score (nSPS) is 12.1. The molecule has 1 atom stereocenters. The van der Waals surface area contributed by atoms with Gasteiger partial charge in [-0.25, -0.2) is 4.79 Å². The van der Waals surface area contributed by atoms with Crippen LogP contribution in [0.1, 0.15) is 129 Å². The van der Waals surface area contributed by atoms with Crippen molar-refractivity contribution in [3.63, 3.8) is 0 Å². The lowest BCUT2D eigenvalue weighted by atomic mass is 9.97. The van der Waals surface area contributed by atoms with E-state index in [2.05, 4.69) is 36.0 Å². The van der Waals surface area contributed by atoms with Gasteiger partial charge in [-0.05, 0) is 38.5 Å². The minimum Gasteiger partial charge on any atom is -0.336 e. The minimum absolute atomic E-state index is 0.0910.